The van der Waals surface area contributed by atoms with Gasteiger partial charge in [-0.2, -0.15) is 0 Å². The molecule has 112 valence electrons. The van der Waals surface area contributed by atoms with Gasteiger partial charge < -0.3 is 10.3 Å². The third kappa shape index (κ3) is 2.58. The van der Waals surface area contributed by atoms with Crippen LogP contribution in [0.3, 0.4) is 0 Å². The molecule has 0 aliphatic carbocycles. The number of nitrogens with zero attached hydrogens (tertiary/aromatic N) is 1. The van der Waals surface area contributed by atoms with Crippen molar-refractivity contribution in [3.05, 3.63) is 55.9 Å². The molecular weight excluding hydrogens is 302 g/mol. The van der Waals surface area contributed by atoms with Crippen LogP contribution < -0.4 is 5.32 Å². The van der Waals surface area contributed by atoms with Gasteiger partial charge in [-0.15, -0.1) is 11.3 Å². The molecule has 7 heteroatoms. The van der Waals surface area contributed by atoms with E-state index in [1.807, 2.05) is 25.1 Å². The van der Waals surface area contributed by atoms with Crippen molar-refractivity contribution < 1.29 is 9.72 Å². The van der Waals surface area contributed by atoms with Crippen molar-refractivity contribution in [2.45, 2.75) is 13.8 Å². The van der Waals surface area contributed by atoms with Crippen LogP contribution in [0.5, 0.6) is 0 Å². The van der Waals surface area contributed by atoms with Crippen LogP contribution in [-0.4, -0.2) is 15.8 Å². The molecule has 3 rings (SSSR count). The van der Waals surface area contributed by atoms with Crippen molar-refractivity contribution in [1.29, 1.82) is 0 Å². The maximum absolute atomic E-state index is 12.2. The third-order valence-corrected chi connectivity index (χ3v) is 4.36. The number of thiophene rings is 1. The Morgan fingerprint density at radius 1 is 1.27 bits per heavy atom. The quantitative estimate of drug-likeness (QED) is 0.565. The standard InChI is InChI=1S/C15H13N3O3S/c1-8-5-10-6-11(3-4-12(10)16-8)17-15(19)14-7-13(18(20)21)9(2)22-14/h3-7,16H,1-2H3,(H,17,19). The number of hydrogen-bond acceptors (Lipinski definition) is 4. The van der Waals surface area contributed by atoms with Gasteiger partial charge in [0.1, 0.15) is 0 Å². The maximum atomic E-state index is 12.2. The van der Waals surface area contributed by atoms with Gasteiger partial charge >= 0.3 is 0 Å². The molecule has 0 saturated carbocycles. The van der Waals surface area contributed by atoms with Crippen molar-refractivity contribution in [2.75, 3.05) is 5.32 Å². The molecule has 0 spiro atoms. The molecule has 0 radical (unpaired) electrons. The molecule has 6 nitrogen and oxygen atoms in total. The highest BCUT2D eigenvalue weighted by Crippen LogP contribution is 2.29. The van der Waals surface area contributed by atoms with Crippen LogP contribution in [0.2, 0.25) is 0 Å². The summed E-state index contributed by atoms with van der Waals surface area (Å²) in [5.41, 5.74) is 2.68. The second-order valence-electron chi connectivity index (χ2n) is 5.02. The van der Waals surface area contributed by atoms with Crippen LogP contribution in [0.1, 0.15) is 20.2 Å². The van der Waals surface area contributed by atoms with Gasteiger partial charge in [0, 0.05) is 28.4 Å². The maximum Gasteiger partial charge on any atom is 0.283 e. The van der Waals surface area contributed by atoms with Gasteiger partial charge in [-0.1, -0.05) is 0 Å². The number of aryl methyl sites for hydroxylation is 2. The number of carbonyl (C=O) groups excluding carboxylic acids is 1. The van der Waals surface area contributed by atoms with Gasteiger partial charge in [0.2, 0.25) is 0 Å². The largest absolute Gasteiger partial charge is 0.359 e. The number of anilines is 1. The number of aromatic nitrogens is 1. The molecule has 1 amide bonds. The molecule has 2 N–H and O–H groups in total. The Labute approximate surface area is 129 Å². The van der Waals surface area contributed by atoms with E-state index in [0.29, 0.717) is 15.4 Å². The summed E-state index contributed by atoms with van der Waals surface area (Å²) in [6, 6.07) is 8.86. The molecule has 2 aromatic heterocycles. The number of hydrogen-bond donors (Lipinski definition) is 2. The zero-order valence-corrected chi connectivity index (χ0v) is 12.8. The number of aromatic amines is 1. The van der Waals surface area contributed by atoms with Crippen LogP contribution in [0.15, 0.2) is 30.3 Å². The Morgan fingerprint density at radius 2 is 2.05 bits per heavy atom. The molecule has 0 bridgehead atoms. The summed E-state index contributed by atoms with van der Waals surface area (Å²) < 4.78 is 0. The highest BCUT2D eigenvalue weighted by molar-refractivity contribution is 7.14. The van der Waals surface area contributed by atoms with E-state index in [4.69, 9.17) is 0 Å². The number of nitro groups is 1. The van der Waals surface area contributed by atoms with Crippen molar-refractivity contribution in [3.63, 3.8) is 0 Å². The topological polar surface area (TPSA) is 88.0 Å². The average Bonchev–Trinajstić information content (AvgIpc) is 3.00. The van der Waals surface area contributed by atoms with E-state index < -0.39 is 4.92 Å². The highest BCUT2D eigenvalue weighted by atomic mass is 32.1. The lowest BCUT2D eigenvalue weighted by molar-refractivity contribution is -0.385. The van der Waals surface area contributed by atoms with Gasteiger partial charge in [-0.3, -0.25) is 14.9 Å². The lowest BCUT2D eigenvalue weighted by atomic mass is 10.2. The van der Waals surface area contributed by atoms with Crippen molar-refractivity contribution in [3.8, 4) is 0 Å². The summed E-state index contributed by atoms with van der Waals surface area (Å²) in [6.45, 7) is 3.60. The van der Waals surface area contributed by atoms with Gasteiger partial charge in [-0.05, 0) is 38.1 Å². The van der Waals surface area contributed by atoms with E-state index in [1.54, 1.807) is 13.0 Å². The Kier molecular flexibility index (Phi) is 3.42. The van der Waals surface area contributed by atoms with E-state index in [2.05, 4.69) is 10.3 Å². The molecule has 22 heavy (non-hydrogen) atoms. The second kappa shape index (κ2) is 5.27. The first kappa shape index (κ1) is 14.3. The molecule has 0 saturated heterocycles. The number of benzene rings is 1. The summed E-state index contributed by atoms with van der Waals surface area (Å²) in [6.07, 6.45) is 0. The first-order chi connectivity index (χ1) is 10.4. The van der Waals surface area contributed by atoms with Gasteiger partial charge in [0.05, 0.1) is 14.7 Å². The predicted molar refractivity (Wildman–Crippen MR) is 86.7 cm³/mol. The molecule has 0 aliphatic heterocycles. The fraction of sp³-hybridized carbons (Fsp3) is 0.133. The number of H-pyrrole nitrogens is 1. The van der Waals surface area contributed by atoms with E-state index in [1.165, 1.54) is 6.07 Å². The Bertz CT molecular complexity index is 895. The lowest BCUT2D eigenvalue weighted by Crippen LogP contribution is -2.09. The minimum absolute atomic E-state index is 0.0214. The predicted octanol–water partition coefficient (Wildman–Crippen LogP) is 4.01. The molecule has 0 aliphatic rings. The molecule has 0 fully saturated rings. The zero-order chi connectivity index (χ0) is 15.9. The second-order valence-corrected chi connectivity index (χ2v) is 6.27. The lowest BCUT2D eigenvalue weighted by Gasteiger charge is -2.03. The van der Waals surface area contributed by atoms with Crippen molar-refractivity contribution in [2.24, 2.45) is 0 Å². The summed E-state index contributed by atoms with van der Waals surface area (Å²) in [5.74, 6) is -0.340. The molecular formula is C15H13N3O3S. The molecule has 0 unspecified atom stereocenters. The first-order valence-electron chi connectivity index (χ1n) is 6.59. The van der Waals surface area contributed by atoms with Crippen LogP contribution in [0.4, 0.5) is 11.4 Å². The summed E-state index contributed by atoms with van der Waals surface area (Å²) in [4.78, 5) is 26.6. The number of amides is 1. The molecule has 2 heterocycles. The zero-order valence-electron chi connectivity index (χ0n) is 12.0. The Morgan fingerprint density at radius 3 is 2.73 bits per heavy atom. The fourth-order valence-corrected chi connectivity index (χ4v) is 3.20. The van der Waals surface area contributed by atoms with Crippen LogP contribution >= 0.6 is 11.3 Å². The van der Waals surface area contributed by atoms with E-state index in [9.17, 15) is 14.9 Å². The SMILES string of the molecule is Cc1cc2cc(NC(=O)c3cc([N+](=O)[O-])c(C)s3)ccc2[nH]1. The third-order valence-electron chi connectivity index (χ3n) is 3.33. The van der Waals surface area contributed by atoms with E-state index >= 15 is 0 Å². The van der Waals surface area contributed by atoms with Crippen molar-refractivity contribution in [1.82, 2.24) is 4.98 Å². The summed E-state index contributed by atoms with van der Waals surface area (Å²) in [7, 11) is 0. The normalized spacial score (nSPS) is 10.8. The van der Waals surface area contributed by atoms with Crippen LogP contribution in [0, 0.1) is 24.0 Å². The Hall–Kier alpha value is -2.67. The fourth-order valence-electron chi connectivity index (χ4n) is 2.31. The van der Waals surface area contributed by atoms with Crippen LogP contribution in [-0.2, 0) is 0 Å². The summed E-state index contributed by atoms with van der Waals surface area (Å²) >= 11 is 1.12. The Balaban J connectivity index is 1.86. The number of rotatable bonds is 3. The molecule has 1 aromatic carbocycles. The van der Waals surface area contributed by atoms with E-state index in [-0.39, 0.29) is 11.6 Å². The number of nitrogens with one attached hydrogen (secondary N) is 2. The molecule has 0 atom stereocenters. The highest BCUT2D eigenvalue weighted by Gasteiger charge is 2.19. The number of carbonyl (C=O) groups is 1. The van der Waals surface area contributed by atoms with Gasteiger partial charge in [0.25, 0.3) is 11.6 Å². The minimum atomic E-state index is -0.475. The summed E-state index contributed by atoms with van der Waals surface area (Å²) in [5, 5.41) is 14.6. The average molecular weight is 315 g/mol. The molecule has 3 aromatic rings. The number of fused-ring (bicyclic) bond motifs is 1. The van der Waals surface area contributed by atoms with E-state index in [0.717, 1.165) is 27.9 Å². The monoisotopic (exact) mass is 315 g/mol. The van der Waals surface area contributed by atoms with Crippen molar-refractivity contribution >= 4 is 39.5 Å². The van der Waals surface area contributed by atoms with Gasteiger partial charge in [0.15, 0.2) is 0 Å². The minimum Gasteiger partial charge on any atom is -0.359 e. The first-order valence-corrected chi connectivity index (χ1v) is 7.41. The van der Waals surface area contributed by atoms with Crippen LogP contribution in [0.25, 0.3) is 10.9 Å². The van der Waals surface area contributed by atoms with Gasteiger partial charge in [-0.25, -0.2) is 0 Å². The smallest absolute Gasteiger partial charge is 0.283 e.